The number of pyridine rings is 2. The lowest BCUT2D eigenvalue weighted by molar-refractivity contribution is -0.137. The van der Waals surface area contributed by atoms with Crippen LogP contribution in [-0.4, -0.2) is 57.0 Å². The average Bonchev–Trinajstić information content (AvgIpc) is 3.34. The summed E-state index contributed by atoms with van der Waals surface area (Å²) in [5.74, 6) is -0.394. The molecule has 3 aromatic rings. The number of carbonyl (C=O) groups is 2. The van der Waals surface area contributed by atoms with E-state index in [1.807, 2.05) is 16.7 Å². The molecule has 1 amide bonds. The summed E-state index contributed by atoms with van der Waals surface area (Å²) < 4.78 is 7.16. The molecule has 152 valence electrons. The predicted octanol–water partition coefficient (Wildman–Crippen LogP) is 0.906. The van der Waals surface area contributed by atoms with E-state index in [1.165, 1.54) is 0 Å². The number of ketones is 1. The van der Waals surface area contributed by atoms with Gasteiger partial charge in [-0.1, -0.05) is 6.92 Å². The third-order valence-electron chi connectivity index (χ3n) is 5.21. The smallest absolute Gasteiger partial charge is 0.256 e. The van der Waals surface area contributed by atoms with Crippen LogP contribution in [-0.2, 0) is 20.9 Å². The van der Waals surface area contributed by atoms with Crippen molar-refractivity contribution in [2.24, 2.45) is 5.73 Å². The van der Waals surface area contributed by atoms with Gasteiger partial charge in [0.15, 0.2) is 11.9 Å². The Bertz CT molecular complexity index is 1060. The maximum Gasteiger partial charge on any atom is 0.256 e. The molecule has 1 fully saturated rings. The highest BCUT2D eigenvalue weighted by Crippen LogP contribution is 2.29. The van der Waals surface area contributed by atoms with Crippen LogP contribution in [0.1, 0.15) is 31.4 Å². The van der Waals surface area contributed by atoms with Crippen molar-refractivity contribution in [1.82, 2.24) is 24.8 Å². The fourth-order valence-corrected chi connectivity index (χ4v) is 3.69. The fraction of sp³-hybridized carbons (Fsp3) is 0.450. The van der Waals surface area contributed by atoms with Crippen LogP contribution in [0, 0.1) is 0 Å². The Labute approximate surface area is 167 Å². The van der Waals surface area contributed by atoms with Gasteiger partial charge >= 0.3 is 0 Å². The number of hydrogen-bond acceptors (Lipinski definition) is 7. The molecule has 2 atom stereocenters. The molecule has 0 bridgehead atoms. The van der Waals surface area contributed by atoms with Crippen LogP contribution in [0.4, 0.5) is 0 Å². The van der Waals surface area contributed by atoms with Crippen molar-refractivity contribution < 1.29 is 14.3 Å². The Morgan fingerprint density at radius 3 is 3.03 bits per heavy atom. The molecule has 4 rings (SSSR count). The van der Waals surface area contributed by atoms with Crippen molar-refractivity contribution >= 4 is 33.8 Å². The second-order valence-corrected chi connectivity index (χ2v) is 7.24. The first-order chi connectivity index (χ1) is 14.1. The van der Waals surface area contributed by atoms with Gasteiger partial charge in [0.1, 0.15) is 11.0 Å². The first-order valence-corrected chi connectivity index (χ1v) is 9.81. The lowest BCUT2D eigenvalue weighted by Gasteiger charge is -2.13. The van der Waals surface area contributed by atoms with E-state index in [2.05, 4.69) is 22.2 Å². The van der Waals surface area contributed by atoms with E-state index in [4.69, 9.17) is 15.5 Å². The standard InChI is InChI=1S/C20H24N6O3/c1-12(4-6-21)15-17-18(16-13(25-15)3-2-7-22-16)26(11-24-17)9-8-23-20(28)19-14(27)5-10-29-19/h2-3,7,11-12,19H,4-6,8-10,21H2,1H3,(H,23,28). The number of nitrogens with one attached hydrogen (secondary N) is 1. The van der Waals surface area contributed by atoms with Crippen molar-refractivity contribution in [2.75, 3.05) is 19.7 Å². The minimum atomic E-state index is -0.982. The highest BCUT2D eigenvalue weighted by molar-refractivity contribution is 6.05. The van der Waals surface area contributed by atoms with Crippen LogP contribution in [0.3, 0.4) is 0 Å². The number of nitrogens with two attached hydrogens (primary N) is 1. The van der Waals surface area contributed by atoms with Gasteiger partial charge in [0.25, 0.3) is 5.91 Å². The SMILES string of the molecule is CC(CCN)c1nc2cccnc2c2c1ncn2CCNC(=O)C1OCCC1=O. The normalized spacial score (nSPS) is 17.9. The van der Waals surface area contributed by atoms with Crippen LogP contribution < -0.4 is 11.1 Å². The average molecular weight is 396 g/mol. The highest BCUT2D eigenvalue weighted by Gasteiger charge is 2.31. The zero-order valence-electron chi connectivity index (χ0n) is 16.3. The van der Waals surface area contributed by atoms with E-state index in [0.29, 0.717) is 32.7 Å². The van der Waals surface area contributed by atoms with Crippen molar-refractivity contribution in [3.05, 3.63) is 30.4 Å². The molecule has 9 heteroatoms. The number of carbonyl (C=O) groups excluding carboxylic acids is 2. The van der Waals surface area contributed by atoms with Gasteiger partial charge < -0.3 is 20.4 Å². The molecule has 4 heterocycles. The van der Waals surface area contributed by atoms with Crippen molar-refractivity contribution in [3.63, 3.8) is 0 Å². The molecular weight excluding hydrogens is 372 g/mol. The van der Waals surface area contributed by atoms with Gasteiger partial charge in [0.05, 0.1) is 29.7 Å². The molecule has 9 nitrogen and oxygen atoms in total. The van der Waals surface area contributed by atoms with Crippen LogP contribution in [0.2, 0.25) is 0 Å². The first kappa shape index (κ1) is 19.4. The number of nitrogens with zero attached hydrogens (tertiary/aromatic N) is 4. The van der Waals surface area contributed by atoms with Crippen molar-refractivity contribution in [2.45, 2.75) is 38.3 Å². The topological polar surface area (TPSA) is 125 Å². The van der Waals surface area contributed by atoms with E-state index in [-0.39, 0.29) is 17.6 Å². The lowest BCUT2D eigenvalue weighted by Crippen LogP contribution is -2.39. The third-order valence-corrected chi connectivity index (χ3v) is 5.21. The van der Waals surface area contributed by atoms with E-state index in [0.717, 1.165) is 34.2 Å². The maximum atomic E-state index is 12.2. The number of rotatable bonds is 7. The Hall–Kier alpha value is -2.91. The van der Waals surface area contributed by atoms with Crippen LogP contribution >= 0.6 is 0 Å². The van der Waals surface area contributed by atoms with Gasteiger partial charge in [-0.2, -0.15) is 0 Å². The first-order valence-electron chi connectivity index (χ1n) is 9.81. The molecular formula is C20H24N6O3. The van der Waals surface area contributed by atoms with Gasteiger partial charge in [-0.05, 0) is 25.1 Å². The van der Waals surface area contributed by atoms with Gasteiger partial charge in [0, 0.05) is 31.6 Å². The van der Waals surface area contributed by atoms with Gasteiger partial charge in [-0.15, -0.1) is 0 Å². The molecule has 3 aromatic heterocycles. The molecule has 1 aliphatic rings. The molecule has 0 aromatic carbocycles. The number of Topliss-reactive ketones (excluding diaryl/α,β-unsaturated/α-hetero) is 1. The number of fused-ring (bicyclic) bond motifs is 3. The molecule has 3 N–H and O–H groups in total. The van der Waals surface area contributed by atoms with Crippen molar-refractivity contribution in [3.8, 4) is 0 Å². The van der Waals surface area contributed by atoms with E-state index in [1.54, 1.807) is 12.5 Å². The van der Waals surface area contributed by atoms with Crippen LogP contribution in [0.5, 0.6) is 0 Å². The summed E-state index contributed by atoms with van der Waals surface area (Å²) in [6.45, 7) is 3.81. The number of imidazole rings is 1. The molecule has 1 saturated heterocycles. The number of ether oxygens (including phenoxy) is 1. The van der Waals surface area contributed by atoms with Crippen LogP contribution in [0.25, 0.3) is 22.1 Å². The summed E-state index contributed by atoms with van der Waals surface area (Å²) in [5, 5.41) is 2.78. The summed E-state index contributed by atoms with van der Waals surface area (Å²) in [6, 6.07) is 3.79. The van der Waals surface area contributed by atoms with Gasteiger partial charge in [-0.3, -0.25) is 14.6 Å². The van der Waals surface area contributed by atoms with Crippen molar-refractivity contribution in [1.29, 1.82) is 0 Å². The summed E-state index contributed by atoms with van der Waals surface area (Å²) in [5.41, 5.74) is 9.90. The molecule has 2 unspecified atom stereocenters. The molecule has 29 heavy (non-hydrogen) atoms. The largest absolute Gasteiger partial charge is 0.360 e. The zero-order chi connectivity index (χ0) is 20.4. The van der Waals surface area contributed by atoms with Gasteiger partial charge in [0.2, 0.25) is 0 Å². The highest BCUT2D eigenvalue weighted by atomic mass is 16.5. The molecule has 0 spiro atoms. The molecule has 0 saturated carbocycles. The zero-order valence-corrected chi connectivity index (χ0v) is 16.3. The Morgan fingerprint density at radius 2 is 2.28 bits per heavy atom. The second kappa shape index (κ2) is 8.22. The minimum absolute atomic E-state index is 0.167. The van der Waals surface area contributed by atoms with E-state index < -0.39 is 6.10 Å². The summed E-state index contributed by atoms with van der Waals surface area (Å²) in [4.78, 5) is 37.7. The quantitative estimate of drug-likeness (QED) is 0.569. The number of amides is 1. The predicted molar refractivity (Wildman–Crippen MR) is 107 cm³/mol. The second-order valence-electron chi connectivity index (χ2n) is 7.24. The monoisotopic (exact) mass is 396 g/mol. The summed E-state index contributed by atoms with van der Waals surface area (Å²) >= 11 is 0. The fourth-order valence-electron chi connectivity index (χ4n) is 3.69. The Kier molecular flexibility index (Phi) is 5.50. The van der Waals surface area contributed by atoms with E-state index >= 15 is 0 Å². The Morgan fingerprint density at radius 1 is 1.41 bits per heavy atom. The van der Waals surface area contributed by atoms with E-state index in [9.17, 15) is 9.59 Å². The summed E-state index contributed by atoms with van der Waals surface area (Å²) in [6.07, 6.45) is 3.59. The number of hydrogen-bond donors (Lipinski definition) is 2. The molecule has 0 radical (unpaired) electrons. The molecule has 0 aliphatic carbocycles. The third kappa shape index (κ3) is 3.70. The lowest BCUT2D eigenvalue weighted by atomic mass is 10.0. The Balaban J connectivity index is 1.61. The van der Waals surface area contributed by atoms with Crippen LogP contribution in [0.15, 0.2) is 24.7 Å². The number of aromatic nitrogens is 4. The maximum absolute atomic E-state index is 12.2. The minimum Gasteiger partial charge on any atom is -0.360 e. The summed E-state index contributed by atoms with van der Waals surface area (Å²) in [7, 11) is 0. The van der Waals surface area contributed by atoms with Gasteiger partial charge in [-0.25, -0.2) is 9.97 Å². The molecule has 1 aliphatic heterocycles.